The minimum atomic E-state index is -0.195. The highest BCUT2D eigenvalue weighted by atomic mass is 32.2. The molecule has 6 heteroatoms. The monoisotopic (exact) mass is 280 g/mol. The van der Waals surface area contributed by atoms with Gasteiger partial charge in [0.05, 0.1) is 16.8 Å². The maximum atomic E-state index is 11.2. The predicted molar refractivity (Wildman–Crippen MR) is 73.3 cm³/mol. The van der Waals surface area contributed by atoms with Gasteiger partial charge < -0.3 is 9.64 Å². The molecule has 1 aromatic carbocycles. The van der Waals surface area contributed by atoms with Gasteiger partial charge in [-0.3, -0.25) is 0 Å². The summed E-state index contributed by atoms with van der Waals surface area (Å²) in [5.74, 6) is 0.856. The summed E-state index contributed by atoms with van der Waals surface area (Å²) in [7, 11) is 0. The van der Waals surface area contributed by atoms with E-state index in [0.717, 1.165) is 22.2 Å². The maximum absolute atomic E-state index is 11.2. The van der Waals surface area contributed by atoms with Crippen LogP contribution in [0, 0.1) is 0 Å². The number of cyclic esters (lactones) is 1. The molecule has 1 aliphatic heterocycles. The van der Waals surface area contributed by atoms with Crippen molar-refractivity contribution in [2.75, 3.05) is 25.4 Å². The molecule has 1 aliphatic rings. The van der Waals surface area contributed by atoms with Gasteiger partial charge >= 0.3 is 6.09 Å². The van der Waals surface area contributed by atoms with E-state index >= 15 is 0 Å². The SMILES string of the molecule is O=C1OCCN1CCSc1nc2ccccc2s1. The number of ether oxygens (including phenoxy) is 1. The molecule has 0 unspecified atom stereocenters. The van der Waals surface area contributed by atoms with E-state index in [4.69, 9.17) is 4.74 Å². The Bertz CT molecular complexity index is 537. The van der Waals surface area contributed by atoms with Gasteiger partial charge in [0, 0.05) is 12.3 Å². The first-order chi connectivity index (χ1) is 8.83. The number of amides is 1. The van der Waals surface area contributed by atoms with E-state index in [0.29, 0.717) is 13.2 Å². The summed E-state index contributed by atoms with van der Waals surface area (Å²) in [6.45, 7) is 1.95. The average molecular weight is 280 g/mol. The molecule has 0 atom stereocenters. The van der Waals surface area contributed by atoms with E-state index in [1.807, 2.05) is 18.2 Å². The van der Waals surface area contributed by atoms with Gasteiger partial charge in [-0.1, -0.05) is 23.9 Å². The second-order valence-corrected chi connectivity index (χ2v) is 6.27. The molecular formula is C12H12N2O2S2. The van der Waals surface area contributed by atoms with Crippen molar-refractivity contribution in [2.24, 2.45) is 0 Å². The van der Waals surface area contributed by atoms with E-state index in [1.54, 1.807) is 28.0 Å². The lowest BCUT2D eigenvalue weighted by Crippen LogP contribution is -2.26. The van der Waals surface area contributed by atoms with Gasteiger partial charge in [0.2, 0.25) is 0 Å². The first kappa shape index (κ1) is 11.8. The summed E-state index contributed by atoms with van der Waals surface area (Å²) in [6.07, 6.45) is -0.195. The number of carbonyl (C=O) groups excluding carboxylic acids is 1. The van der Waals surface area contributed by atoms with Crippen LogP contribution in [0.15, 0.2) is 28.6 Å². The van der Waals surface area contributed by atoms with Crippen molar-refractivity contribution in [1.29, 1.82) is 0 Å². The molecule has 0 radical (unpaired) electrons. The van der Waals surface area contributed by atoms with Crippen LogP contribution in [0.25, 0.3) is 10.2 Å². The summed E-state index contributed by atoms with van der Waals surface area (Å²) in [6, 6.07) is 8.12. The highest BCUT2D eigenvalue weighted by Crippen LogP contribution is 2.29. The van der Waals surface area contributed by atoms with E-state index in [1.165, 1.54) is 4.70 Å². The standard InChI is InChI=1S/C12H12N2O2S2/c15-12-14(5-7-16-12)6-8-17-11-13-9-3-1-2-4-10(9)18-11/h1-4H,5-8H2. The Kier molecular flexibility index (Phi) is 3.38. The molecule has 2 aromatic rings. The largest absolute Gasteiger partial charge is 0.448 e. The van der Waals surface area contributed by atoms with Crippen molar-refractivity contribution in [2.45, 2.75) is 4.34 Å². The molecule has 94 valence electrons. The second-order valence-electron chi connectivity index (χ2n) is 3.90. The zero-order valence-electron chi connectivity index (χ0n) is 9.67. The molecule has 0 spiro atoms. The molecule has 0 aliphatic carbocycles. The van der Waals surface area contributed by atoms with E-state index < -0.39 is 0 Å². The van der Waals surface area contributed by atoms with Gasteiger partial charge in [-0.2, -0.15) is 0 Å². The molecular weight excluding hydrogens is 268 g/mol. The molecule has 1 aromatic heterocycles. The Balaban J connectivity index is 1.58. The summed E-state index contributed by atoms with van der Waals surface area (Å²) in [5.41, 5.74) is 1.05. The van der Waals surface area contributed by atoms with E-state index in [9.17, 15) is 4.79 Å². The van der Waals surface area contributed by atoms with Crippen molar-refractivity contribution in [1.82, 2.24) is 9.88 Å². The Hall–Kier alpha value is -1.27. The number of fused-ring (bicyclic) bond motifs is 1. The number of benzene rings is 1. The van der Waals surface area contributed by atoms with Crippen molar-refractivity contribution >= 4 is 39.4 Å². The van der Waals surface area contributed by atoms with Crippen LogP contribution in [-0.2, 0) is 4.74 Å². The molecule has 1 amide bonds. The summed E-state index contributed by atoms with van der Waals surface area (Å²) < 4.78 is 7.15. The van der Waals surface area contributed by atoms with Crippen molar-refractivity contribution in [3.8, 4) is 0 Å². The third kappa shape index (κ3) is 2.44. The molecule has 0 bridgehead atoms. The van der Waals surface area contributed by atoms with Gasteiger partial charge in [-0.05, 0) is 12.1 Å². The molecule has 4 nitrogen and oxygen atoms in total. The molecule has 3 rings (SSSR count). The van der Waals surface area contributed by atoms with Crippen molar-refractivity contribution in [3.05, 3.63) is 24.3 Å². The highest BCUT2D eigenvalue weighted by molar-refractivity contribution is 8.01. The third-order valence-corrected chi connectivity index (χ3v) is 4.87. The fourth-order valence-corrected chi connectivity index (χ4v) is 3.89. The average Bonchev–Trinajstić information content (AvgIpc) is 2.96. The van der Waals surface area contributed by atoms with Crippen molar-refractivity contribution in [3.63, 3.8) is 0 Å². The fourth-order valence-electron chi connectivity index (χ4n) is 1.78. The molecule has 1 saturated heterocycles. The number of aromatic nitrogens is 1. The van der Waals surface area contributed by atoms with Gasteiger partial charge in [-0.15, -0.1) is 11.3 Å². The number of thioether (sulfide) groups is 1. The van der Waals surface area contributed by atoms with Crippen LogP contribution in [0.1, 0.15) is 0 Å². The molecule has 0 saturated carbocycles. The lowest BCUT2D eigenvalue weighted by atomic mass is 10.3. The number of thiazole rings is 1. The number of hydrogen-bond donors (Lipinski definition) is 0. The Morgan fingerprint density at radius 3 is 3.11 bits per heavy atom. The number of carbonyl (C=O) groups is 1. The predicted octanol–water partition coefficient (Wildman–Crippen LogP) is 2.84. The van der Waals surface area contributed by atoms with Crippen LogP contribution in [0.2, 0.25) is 0 Å². The number of para-hydroxylation sites is 1. The molecule has 18 heavy (non-hydrogen) atoms. The van der Waals surface area contributed by atoms with Crippen molar-refractivity contribution < 1.29 is 9.53 Å². The Morgan fingerprint density at radius 1 is 1.44 bits per heavy atom. The zero-order valence-corrected chi connectivity index (χ0v) is 11.3. The highest BCUT2D eigenvalue weighted by Gasteiger charge is 2.21. The third-order valence-electron chi connectivity index (χ3n) is 2.71. The lowest BCUT2D eigenvalue weighted by Gasteiger charge is -2.10. The first-order valence-electron chi connectivity index (χ1n) is 5.73. The number of nitrogens with zero attached hydrogens (tertiary/aromatic N) is 2. The normalized spacial score (nSPS) is 15.3. The minimum Gasteiger partial charge on any atom is -0.448 e. The van der Waals surface area contributed by atoms with Crippen LogP contribution in [0.3, 0.4) is 0 Å². The van der Waals surface area contributed by atoms with E-state index in [2.05, 4.69) is 11.1 Å². The molecule has 1 fully saturated rings. The maximum Gasteiger partial charge on any atom is 0.409 e. The summed E-state index contributed by atoms with van der Waals surface area (Å²) >= 11 is 3.39. The number of rotatable bonds is 4. The van der Waals surface area contributed by atoms with Gasteiger partial charge in [0.25, 0.3) is 0 Å². The molecule has 2 heterocycles. The van der Waals surface area contributed by atoms with Crippen LogP contribution < -0.4 is 0 Å². The Morgan fingerprint density at radius 2 is 2.33 bits per heavy atom. The van der Waals surface area contributed by atoms with Crippen LogP contribution in [0.4, 0.5) is 4.79 Å². The van der Waals surface area contributed by atoms with Crippen LogP contribution in [0.5, 0.6) is 0 Å². The zero-order chi connectivity index (χ0) is 12.4. The van der Waals surface area contributed by atoms with Crippen LogP contribution in [-0.4, -0.2) is 41.4 Å². The second kappa shape index (κ2) is 5.16. The first-order valence-corrected chi connectivity index (χ1v) is 7.53. The number of hydrogen-bond acceptors (Lipinski definition) is 5. The lowest BCUT2D eigenvalue weighted by molar-refractivity contribution is 0.160. The van der Waals surface area contributed by atoms with Gasteiger partial charge in [0.15, 0.2) is 4.34 Å². The van der Waals surface area contributed by atoms with Gasteiger partial charge in [-0.25, -0.2) is 9.78 Å². The molecule has 0 N–H and O–H groups in total. The summed E-state index contributed by atoms with van der Waals surface area (Å²) in [5, 5.41) is 0. The van der Waals surface area contributed by atoms with Crippen LogP contribution >= 0.6 is 23.1 Å². The quantitative estimate of drug-likeness (QED) is 0.808. The van der Waals surface area contributed by atoms with Gasteiger partial charge in [0.1, 0.15) is 6.61 Å². The fraction of sp³-hybridized carbons (Fsp3) is 0.333. The summed E-state index contributed by atoms with van der Waals surface area (Å²) in [4.78, 5) is 17.5. The topological polar surface area (TPSA) is 42.4 Å². The minimum absolute atomic E-state index is 0.195. The smallest absolute Gasteiger partial charge is 0.409 e. The Labute approximate surface area is 113 Å². The van der Waals surface area contributed by atoms with E-state index in [-0.39, 0.29) is 6.09 Å².